The van der Waals surface area contributed by atoms with E-state index in [4.69, 9.17) is 0 Å². The molecule has 2 atom stereocenters. The number of anilines is 3. The topological polar surface area (TPSA) is 3.24 Å². The smallest absolute Gasteiger partial charge is 0.0726 e. The summed E-state index contributed by atoms with van der Waals surface area (Å²) in [7, 11) is 0. The van der Waals surface area contributed by atoms with Crippen LogP contribution < -0.4 is 4.90 Å². The maximum atomic E-state index is 2.53. The third-order valence-electron chi connectivity index (χ3n) is 15.6. The Labute approximate surface area is 397 Å². The van der Waals surface area contributed by atoms with Gasteiger partial charge in [-0.3, -0.25) is 0 Å². The summed E-state index contributed by atoms with van der Waals surface area (Å²) in [5.74, 6) is 1.80. The second kappa shape index (κ2) is 15.7. The van der Waals surface area contributed by atoms with Crippen molar-refractivity contribution in [1.82, 2.24) is 0 Å². The Morgan fingerprint density at radius 2 is 0.776 bits per heavy atom. The molecule has 1 heteroatoms. The molecule has 0 fully saturated rings. The van der Waals surface area contributed by atoms with E-state index in [2.05, 4.69) is 253 Å². The number of fused-ring (bicyclic) bond motifs is 13. The molecule has 67 heavy (non-hydrogen) atoms. The molecule has 0 N–H and O–H groups in total. The second-order valence-electron chi connectivity index (χ2n) is 20.6. The van der Waals surface area contributed by atoms with E-state index in [-0.39, 0.29) is 5.41 Å². The lowest BCUT2D eigenvalue weighted by Gasteiger charge is -2.33. The number of rotatable bonds is 9. The van der Waals surface area contributed by atoms with E-state index in [1.807, 2.05) is 0 Å². The predicted molar refractivity (Wildman–Crippen MR) is 283 cm³/mol. The molecule has 0 saturated carbocycles. The van der Waals surface area contributed by atoms with Crippen LogP contribution in [0, 0.1) is 11.8 Å². The summed E-state index contributed by atoms with van der Waals surface area (Å²) < 4.78 is 0. The first-order chi connectivity index (χ1) is 32.6. The largest absolute Gasteiger partial charge is 0.310 e. The first-order valence-corrected chi connectivity index (χ1v) is 24.4. The van der Waals surface area contributed by atoms with Crippen molar-refractivity contribution in [2.75, 3.05) is 4.90 Å². The Kier molecular flexibility index (Phi) is 9.66. The van der Waals surface area contributed by atoms with E-state index >= 15 is 0 Å². The monoisotopic (exact) mass is 863 g/mol. The quantitative estimate of drug-likeness (QED) is 0.140. The van der Waals surface area contributed by atoms with E-state index in [0.29, 0.717) is 17.8 Å². The van der Waals surface area contributed by atoms with Crippen molar-refractivity contribution >= 4 is 17.1 Å². The van der Waals surface area contributed by atoms with Gasteiger partial charge in [0.2, 0.25) is 0 Å². The van der Waals surface area contributed by atoms with Gasteiger partial charge in [0, 0.05) is 22.5 Å². The summed E-state index contributed by atoms with van der Waals surface area (Å²) in [6.07, 6.45) is 1.20. The maximum Gasteiger partial charge on any atom is 0.0726 e. The van der Waals surface area contributed by atoms with Crippen LogP contribution in [0.25, 0.3) is 55.6 Å². The summed E-state index contributed by atoms with van der Waals surface area (Å²) in [6, 6.07) is 78.4. The van der Waals surface area contributed by atoms with Gasteiger partial charge in [-0.2, -0.15) is 0 Å². The highest BCUT2D eigenvalue weighted by molar-refractivity contribution is 5.97. The van der Waals surface area contributed by atoms with Crippen LogP contribution in [0.2, 0.25) is 0 Å². The average Bonchev–Trinajstić information content (AvgIpc) is 3.91. The van der Waals surface area contributed by atoms with Gasteiger partial charge in [0.25, 0.3) is 0 Å². The van der Waals surface area contributed by atoms with Gasteiger partial charge in [-0.1, -0.05) is 205 Å². The number of hydrogen-bond donors (Lipinski definition) is 0. The van der Waals surface area contributed by atoms with Crippen LogP contribution in [0.1, 0.15) is 92.8 Å². The fourth-order valence-electron chi connectivity index (χ4n) is 12.4. The lowest BCUT2D eigenvalue weighted by Crippen LogP contribution is -2.26. The molecule has 3 aliphatic carbocycles. The van der Waals surface area contributed by atoms with Crippen molar-refractivity contribution in [3.05, 3.63) is 245 Å². The Morgan fingerprint density at radius 1 is 0.358 bits per heavy atom. The SMILES string of the molecule is CC(C)CC(c1ccc(-c2ccc3c(c2)C2(c4ccccc4-3)c3ccccc3-c3ccc(N(c4ccc(-c5ccccc5)cc4)c4ccc5c(c4)C(C)(C)c4ccccc4-5)cc32)cc1)C(C)C. The highest BCUT2D eigenvalue weighted by Crippen LogP contribution is 2.64. The average molecular weight is 864 g/mol. The van der Waals surface area contributed by atoms with Crippen LogP contribution in [0.15, 0.2) is 206 Å². The van der Waals surface area contributed by atoms with Crippen LogP contribution in [-0.4, -0.2) is 0 Å². The molecule has 0 aliphatic heterocycles. The zero-order valence-electron chi connectivity index (χ0n) is 39.5. The van der Waals surface area contributed by atoms with E-state index in [1.54, 1.807) is 0 Å². The van der Waals surface area contributed by atoms with Crippen LogP contribution >= 0.6 is 0 Å². The van der Waals surface area contributed by atoms with Crippen LogP contribution in [0.3, 0.4) is 0 Å². The van der Waals surface area contributed by atoms with Crippen LogP contribution in [0.5, 0.6) is 0 Å². The summed E-state index contributed by atoms with van der Waals surface area (Å²) >= 11 is 0. The molecule has 3 aliphatic rings. The van der Waals surface area contributed by atoms with Gasteiger partial charge in [-0.25, -0.2) is 0 Å². The molecule has 0 amide bonds. The zero-order valence-corrected chi connectivity index (χ0v) is 39.5. The summed E-state index contributed by atoms with van der Waals surface area (Å²) in [5, 5.41) is 0. The predicted octanol–water partition coefficient (Wildman–Crippen LogP) is 17.9. The Morgan fingerprint density at radius 3 is 1.37 bits per heavy atom. The molecule has 12 rings (SSSR count). The highest BCUT2D eigenvalue weighted by atomic mass is 15.1. The zero-order chi connectivity index (χ0) is 45.6. The molecule has 1 spiro atoms. The lowest BCUT2D eigenvalue weighted by atomic mass is 9.70. The molecular formula is C66H57N. The van der Waals surface area contributed by atoms with Gasteiger partial charge in [0.1, 0.15) is 0 Å². The Bertz CT molecular complexity index is 3340. The van der Waals surface area contributed by atoms with Gasteiger partial charge < -0.3 is 4.90 Å². The lowest BCUT2D eigenvalue weighted by molar-refractivity contribution is 0.408. The van der Waals surface area contributed by atoms with Crippen molar-refractivity contribution in [3.8, 4) is 55.6 Å². The molecule has 326 valence electrons. The molecule has 9 aromatic carbocycles. The fraction of sp³-hybridized carbons (Fsp3) is 0.182. The van der Waals surface area contributed by atoms with Crippen LogP contribution in [0.4, 0.5) is 17.1 Å². The standard InChI is InChI=1S/C66H57N/c1-42(2)38-58(43(3)4)47-26-24-46(25-27-47)48-30-35-56-53-19-11-14-22-60(53)66(63(56)39-48)61-23-15-12-20-54(61)57-37-34-51(41-64(57)66)67(49-31-28-45(29-32-49)44-16-8-7-9-17-44)50-33-36-55-52-18-10-13-21-59(52)65(5,6)62(55)40-50/h7-37,39-43,58H,38H2,1-6H3. The second-order valence-corrected chi connectivity index (χ2v) is 20.6. The molecule has 0 bridgehead atoms. The fourth-order valence-corrected chi connectivity index (χ4v) is 12.4. The molecular weight excluding hydrogens is 807 g/mol. The molecule has 0 heterocycles. The van der Waals surface area contributed by atoms with Gasteiger partial charge >= 0.3 is 0 Å². The molecule has 9 aromatic rings. The molecule has 2 unspecified atom stereocenters. The van der Waals surface area contributed by atoms with Gasteiger partial charge in [-0.15, -0.1) is 0 Å². The van der Waals surface area contributed by atoms with E-state index in [1.165, 1.54) is 101 Å². The number of nitrogens with zero attached hydrogens (tertiary/aromatic N) is 1. The third-order valence-corrected chi connectivity index (χ3v) is 15.6. The normalized spacial score (nSPS) is 16.1. The van der Waals surface area contributed by atoms with Crippen molar-refractivity contribution in [2.45, 2.75) is 64.7 Å². The minimum absolute atomic E-state index is 0.131. The molecule has 0 saturated heterocycles. The van der Waals surface area contributed by atoms with E-state index < -0.39 is 5.41 Å². The molecule has 0 radical (unpaired) electrons. The minimum atomic E-state index is -0.506. The van der Waals surface area contributed by atoms with E-state index in [9.17, 15) is 0 Å². The van der Waals surface area contributed by atoms with Gasteiger partial charge in [0.15, 0.2) is 0 Å². The summed E-state index contributed by atoms with van der Waals surface area (Å²) in [6.45, 7) is 14.2. The minimum Gasteiger partial charge on any atom is -0.310 e. The number of hydrogen-bond acceptors (Lipinski definition) is 1. The van der Waals surface area contributed by atoms with Crippen LogP contribution in [-0.2, 0) is 10.8 Å². The van der Waals surface area contributed by atoms with Gasteiger partial charge in [0.05, 0.1) is 5.41 Å². The molecule has 1 nitrogen and oxygen atoms in total. The maximum absolute atomic E-state index is 2.53. The van der Waals surface area contributed by atoms with Crippen molar-refractivity contribution in [3.63, 3.8) is 0 Å². The Balaban J connectivity index is 1.05. The Hall–Kier alpha value is -7.22. The number of benzene rings is 9. The first-order valence-electron chi connectivity index (χ1n) is 24.4. The first kappa shape index (κ1) is 41.2. The third kappa shape index (κ3) is 6.35. The van der Waals surface area contributed by atoms with Crippen molar-refractivity contribution in [1.29, 1.82) is 0 Å². The van der Waals surface area contributed by atoms with Gasteiger partial charge in [-0.05, 0) is 161 Å². The van der Waals surface area contributed by atoms with Crippen molar-refractivity contribution in [2.24, 2.45) is 11.8 Å². The van der Waals surface area contributed by atoms with Crippen molar-refractivity contribution < 1.29 is 0 Å². The summed E-state index contributed by atoms with van der Waals surface area (Å²) in [5.41, 5.74) is 25.2. The summed E-state index contributed by atoms with van der Waals surface area (Å²) in [4.78, 5) is 2.49. The molecule has 0 aromatic heterocycles. The van der Waals surface area contributed by atoms with E-state index in [0.717, 1.165) is 17.1 Å². The highest BCUT2D eigenvalue weighted by Gasteiger charge is 2.52.